The van der Waals surface area contributed by atoms with E-state index in [0.29, 0.717) is 17.7 Å². The number of amides is 1. The number of aliphatic carboxylic acids is 1. The highest BCUT2D eigenvalue weighted by Gasteiger charge is 2.53. The molecule has 0 radical (unpaired) electrons. The van der Waals surface area contributed by atoms with Crippen LogP contribution in [0.4, 0.5) is 0 Å². The number of hydrogen-bond acceptors (Lipinski definition) is 7. The summed E-state index contributed by atoms with van der Waals surface area (Å²) in [4.78, 5) is 36.7. The fraction of sp³-hybridized carbons (Fsp3) is 0.526. The Morgan fingerprint density at radius 2 is 1.62 bits per heavy atom. The molecule has 3 rings (SSSR count). The molecule has 2 fully saturated rings. The Morgan fingerprint density at radius 1 is 1.10 bits per heavy atom. The molecule has 9 nitrogen and oxygen atoms in total. The molecular formula is C19H26N2O7S. The van der Waals surface area contributed by atoms with Crippen LogP contribution in [-0.4, -0.2) is 92.5 Å². The van der Waals surface area contributed by atoms with Gasteiger partial charge in [-0.25, -0.2) is 13.2 Å². The van der Waals surface area contributed by atoms with Gasteiger partial charge in [0.15, 0.2) is 9.84 Å². The average Bonchev–Trinajstić information content (AvgIpc) is 3.19. The van der Waals surface area contributed by atoms with Gasteiger partial charge >= 0.3 is 5.97 Å². The number of likely N-dealkylation sites (tertiary alicyclic amines) is 1. The van der Waals surface area contributed by atoms with Gasteiger partial charge in [-0.1, -0.05) is 0 Å². The summed E-state index contributed by atoms with van der Waals surface area (Å²) in [7, 11) is 1.86. The number of ether oxygens (including phenoxy) is 1. The van der Waals surface area contributed by atoms with Crippen LogP contribution in [0.15, 0.2) is 24.3 Å². The lowest BCUT2D eigenvalue weighted by Gasteiger charge is -2.25. The minimum Gasteiger partial charge on any atom is -0.481 e. The predicted octanol–water partition coefficient (Wildman–Crippen LogP) is 0.363. The summed E-state index contributed by atoms with van der Waals surface area (Å²) in [6.07, 6.45) is 0. The molecule has 1 N–H and O–H groups in total. The number of carbonyl (C=O) groups excluding carboxylic acids is 2. The Hall–Kier alpha value is -2.46. The zero-order valence-electron chi connectivity index (χ0n) is 16.9. The van der Waals surface area contributed by atoms with E-state index in [2.05, 4.69) is 4.74 Å². The van der Waals surface area contributed by atoms with Crippen LogP contribution >= 0.6 is 0 Å². The van der Waals surface area contributed by atoms with Gasteiger partial charge in [-0.3, -0.25) is 9.59 Å². The maximum absolute atomic E-state index is 12.7. The first-order valence-electron chi connectivity index (χ1n) is 9.03. The molecule has 10 heteroatoms. The largest absolute Gasteiger partial charge is 0.481 e. The average molecular weight is 426 g/mol. The molecule has 0 unspecified atom stereocenters. The van der Waals surface area contributed by atoms with Crippen LogP contribution < -0.4 is 0 Å². The smallest absolute Gasteiger partial charge is 0.337 e. The SMILES string of the molecule is CC(=O)O.COC(=O)c1ccc(C(=O)N2C[C@H]3[C@H](N(C)C)CS(=O)(=O)[C@H]3C2)cc1. The van der Waals surface area contributed by atoms with E-state index in [-0.39, 0.29) is 30.2 Å². The predicted molar refractivity (Wildman–Crippen MR) is 106 cm³/mol. The summed E-state index contributed by atoms with van der Waals surface area (Å²) in [6, 6.07) is 6.15. The quantitative estimate of drug-likeness (QED) is 0.688. The summed E-state index contributed by atoms with van der Waals surface area (Å²) in [5, 5.41) is 6.93. The van der Waals surface area contributed by atoms with Crippen LogP contribution in [0.2, 0.25) is 0 Å². The molecule has 2 aliphatic heterocycles. The van der Waals surface area contributed by atoms with Gasteiger partial charge in [0.2, 0.25) is 0 Å². The number of methoxy groups -OCH3 is 1. The molecule has 0 spiro atoms. The van der Waals surface area contributed by atoms with Crippen LogP contribution in [0.5, 0.6) is 0 Å². The number of benzene rings is 1. The van der Waals surface area contributed by atoms with Crippen molar-refractivity contribution in [1.82, 2.24) is 9.80 Å². The lowest BCUT2D eigenvalue weighted by molar-refractivity contribution is -0.134. The molecule has 2 heterocycles. The zero-order valence-corrected chi connectivity index (χ0v) is 17.7. The third-order valence-electron chi connectivity index (χ3n) is 5.17. The van der Waals surface area contributed by atoms with Crippen molar-refractivity contribution in [2.45, 2.75) is 18.2 Å². The molecular weight excluding hydrogens is 400 g/mol. The Kier molecular flexibility index (Phi) is 7.02. The van der Waals surface area contributed by atoms with Gasteiger partial charge in [0.25, 0.3) is 11.9 Å². The highest BCUT2D eigenvalue weighted by Crippen LogP contribution is 2.36. The molecule has 3 atom stereocenters. The van der Waals surface area contributed by atoms with Crippen molar-refractivity contribution >= 4 is 27.7 Å². The third-order valence-corrected chi connectivity index (χ3v) is 7.40. The number of carbonyl (C=O) groups is 3. The van der Waals surface area contributed by atoms with Crippen molar-refractivity contribution in [1.29, 1.82) is 0 Å². The topological polar surface area (TPSA) is 121 Å². The number of sulfone groups is 1. The first-order chi connectivity index (χ1) is 13.5. The number of carboxylic acid groups (broad SMARTS) is 1. The van der Waals surface area contributed by atoms with Gasteiger partial charge in [-0.05, 0) is 38.4 Å². The normalized spacial score (nSPS) is 24.4. The maximum Gasteiger partial charge on any atom is 0.337 e. The van der Waals surface area contributed by atoms with Crippen molar-refractivity contribution in [2.75, 3.05) is 40.0 Å². The van der Waals surface area contributed by atoms with Gasteiger partial charge in [0.05, 0.1) is 23.7 Å². The Morgan fingerprint density at radius 3 is 2.10 bits per heavy atom. The van der Waals surface area contributed by atoms with Crippen molar-refractivity contribution in [3.05, 3.63) is 35.4 Å². The fourth-order valence-electron chi connectivity index (χ4n) is 3.78. The van der Waals surface area contributed by atoms with E-state index in [0.717, 1.165) is 6.92 Å². The second-order valence-electron chi connectivity index (χ2n) is 7.36. The number of esters is 1. The van der Waals surface area contributed by atoms with E-state index >= 15 is 0 Å². The molecule has 1 aromatic carbocycles. The van der Waals surface area contributed by atoms with E-state index in [9.17, 15) is 18.0 Å². The number of rotatable bonds is 3. The molecule has 0 bridgehead atoms. The lowest BCUT2D eigenvalue weighted by Crippen LogP contribution is -2.38. The highest BCUT2D eigenvalue weighted by atomic mass is 32.2. The van der Waals surface area contributed by atoms with Crippen molar-refractivity contribution < 1.29 is 32.6 Å². The van der Waals surface area contributed by atoms with Gasteiger partial charge in [-0.15, -0.1) is 0 Å². The molecule has 0 saturated carbocycles. The molecule has 1 amide bonds. The van der Waals surface area contributed by atoms with Crippen LogP contribution in [0.25, 0.3) is 0 Å². The van der Waals surface area contributed by atoms with Crippen LogP contribution in [0.3, 0.4) is 0 Å². The number of fused-ring (bicyclic) bond motifs is 1. The number of hydrogen-bond donors (Lipinski definition) is 1. The monoisotopic (exact) mass is 426 g/mol. The molecule has 1 aromatic rings. The molecule has 2 aliphatic rings. The first-order valence-corrected chi connectivity index (χ1v) is 10.7. The minimum absolute atomic E-state index is 0.0571. The van der Waals surface area contributed by atoms with Gasteiger partial charge in [-0.2, -0.15) is 0 Å². The molecule has 0 aliphatic carbocycles. The number of carboxylic acids is 1. The van der Waals surface area contributed by atoms with Crippen LogP contribution in [0, 0.1) is 5.92 Å². The summed E-state index contributed by atoms with van der Waals surface area (Å²) < 4.78 is 29.4. The first kappa shape index (κ1) is 22.8. The summed E-state index contributed by atoms with van der Waals surface area (Å²) in [5.74, 6) is -1.41. The van der Waals surface area contributed by atoms with E-state index in [4.69, 9.17) is 9.90 Å². The molecule has 2 saturated heterocycles. The summed E-state index contributed by atoms with van der Waals surface area (Å²) in [6.45, 7) is 1.75. The standard InChI is InChI=1S/C17H22N2O5S.C2H4O2/c1-18(2)14-10-25(22,23)15-9-19(8-13(14)15)16(20)11-4-6-12(7-5-11)17(21)24-3;1-2(3)4/h4-7,13-15H,8-10H2,1-3H3;1H3,(H,3,4)/t13-,14+,15-;/m0./s1. The van der Waals surface area contributed by atoms with Crippen LogP contribution in [-0.2, 0) is 19.4 Å². The van der Waals surface area contributed by atoms with Crippen molar-refractivity contribution in [3.8, 4) is 0 Å². The van der Waals surface area contributed by atoms with Gasteiger partial charge in [0, 0.05) is 37.5 Å². The fourth-order valence-corrected chi connectivity index (χ4v) is 6.26. The number of nitrogens with zero attached hydrogens (tertiary/aromatic N) is 2. The Balaban J connectivity index is 0.000000687. The molecule has 160 valence electrons. The van der Waals surface area contributed by atoms with Gasteiger partial charge < -0.3 is 19.6 Å². The van der Waals surface area contributed by atoms with Gasteiger partial charge in [0.1, 0.15) is 0 Å². The van der Waals surface area contributed by atoms with E-state index < -0.39 is 27.0 Å². The van der Waals surface area contributed by atoms with Crippen molar-refractivity contribution in [3.63, 3.8) is 0 Å². The van der Waals surface area contributed by atoms with E-state index in [1.54, 1.807) is 17.0 Å². The third kappa shape index (κ3) is 5.13. The molecule has 29 heavy (non-hydrogen) atoms. The Labute approximate surface area is 170 Å². The second kappa shape index (κ2) is 8.91. The Bertz CT molecular complexity index is 876. The van der Waals surface area contributed by atoms with Crippen LogP contribution in [0.1, 0.15) is 27.6 Å². The van der Waals surface area contributed by atoms with E-state index in [1.165, 1.54) is 19.2 Å². The zero-order chi connectivity index (χ0) is 21.9. The summed E-state index contributed by atoms with van der Waals surface area (Å²) >= 11 is 0. The summed E-state index contributed by atoms with van der Waals surface area (Å²) in [5.41, 5.74) is 0.805. The highest BCUT2D eigenvalue weighted by molar-refractivity contribution is 7.92. The second-order valence-corrected chi connectivity index (χ2v) is 9.63. The maximum atomic E-state index is 12.7. The van der Waals surface area contributed by atoms with Crippen molar-refractivity contribution in [2.24, 2.45) is 5.92 Å². The minimum atomic E-state index is -3.18. The lowest BCUT2D eigenvalue weighted by atomic mass is 10.00. The van der Waals surface area contributed by atoms with E-state index in [1.807, 2.05) is 19.0 Å². The molecule has 0 aromatic heterocycles.